The summed E-state index contributed by atoms with van der Waals surface area (Å²) >= 11 is 0. The lowest BCUT2D eigenvalue weighted by molar-refractivity contribution is 0.122. The molecule has 1 saturated heterocycles. The average Bonchev–Trinajstić information content (AvgIpc) is 3.91. The summed E-state index contributed by atoms with van der Waals surface area (Å²) in [7, 11) is 3.43. The van der Waals surface area contributed by atoms with Crippen LogP contribution >= 0.6 is 0 Å². The van der Waals surface area contributed by atoms with Crippen molar-refractivity contribution in [3.05, 3.63) is 108 Å². The number of ether oxygens (including phenoxy) is 2. The number of benzene rings is 3. The van der Waals surface area contributed by atoms with Crippen molar-refractivity contribution >= 4 is 10.8 Å². The van der Waals surface area contributed by atoms with Crippen LogP contribution in [0.2, 0.25) is 0 Å². The van der Waals surface area contributed by atoms with E-state index in [1.165, 1.54) is 45.9 Å². The first-order valence-electron chi connectivity index (χ1n) is 15.3. The molecule has 0 radical (unpaired) electrons. The molecule has 6 heteroatoms. The van der Waals surface area contributed by atoms with Gasteiger partial charge in [-0.1, -0.05) is 36.4 Å². The molecule has 0 N–H and O–H groups in total. The number of piperazine rings is 1. The molecule has 3 heterocycles. The third-order valence-electron chi connectivity index (χ3n) is 8.79. The van der Waals surface area contributed by atoms with Gasteiger partial charge in [-0.2, -0.15) is 0 Å². The van der Waals surface area contributed by atoms with Crippen molar-refractivity contribution in [2.75, 3.05) is 40.4 Å². The molecule has 2 aliphatic rings. The molecule has 1 saturated carbocycles. The normalized spacial score (nSPS) is 16.0. The van der Waals surface area contributed by atoms with E-state index in [1.807, 2.05) is 12.4 Å². The lowest BCUT2D eigenvalue weighted by Gasteiger charge is -2.34. The first-order chi connectivity index (χ1) is 21.2. The van der Waals surface area contributed by atoms with Crippen LogP contribution in [-0.2, 0) is 13.1 Å². The summed E-state index contributed by atoms with van der Waals surface area (Å²) in [5.74, 6) is 2.20. The van der Waals surface area contributed by atoms with Gasteiger partial charge in [0.05, 0.1) is 25.6 Å². The highest BCUT2D eigenvalue weighted by Gasteiger charge is 2.29. The zero-order valence-electron chi connectivity index (χ0n) is 25.0. The highest BCUT2D eigenvalue weighted by atomic mass is 16.5. The monoisotopic (exact) mass is 570 g/mol. The molecule has 1 aliphatic heterocycles. The number of hydrogen-bond acceptors (Lipinski definition) is 6. The molecule has 0 spiro atoms. The lowest BCUT2D eigenvalue weighted by atomic mass is 10.0. The summed E-state index contributed by atoms with van der Waals surface area (Å²) in [5.41, 5.74) is 8.11. The molecule has 7 rings (SSSR count). The summed E-state index contributed by atoms with van der Waals surface area (Å²) in [5, 5.41) is 2.50. The van der Waals surface area contributed by atoms with Gasteiger partial charge in [0.25, 0.3) is 0 Å². The first kappa shape index (κ1) is 27.6. The number of pyridine rings is 2. The smallest absolute Gasteiger partial charge is 0.164 e. The molecular formula is C37H38N4O2. The van der Waals surface area contributed by atoms with E-state index in [0.29, 0.717) is 5.92 Å². The number of methoxy groups -OCH3 is 2. The summed E-state index contributed by atoms with van der Waals surface area (Å²) < 4.78 is 11.4. The Labute approximate surface area is 253 Å². The predicted octanol–water partition coefficient (Wildman–Crippen LogP) is 7.18. The van der Waals surface area contributed by atoms with E-state index in [1.54, 1.807) is 14.2 Å². The van der Waals surface area contributed by atoms with Crippen LogP contribution in [0, 0.1) is 0 Å². The van der Waals surface area contributed by atoms with Crippen molar-refractivity contribution in [3.63, 3.8) is 0 Å². The molecule has 3 aromatic carbocycles. The van der Waals surface area contributed by atoms with Crippen LogP contribution in [0.1, 0.15) is 35.4 Å². The number of nitrogens with zero attached hydrogens (tertiary/aromatic N) is 4. The Morgan fingerprint density at radius 3 is 1.88 bits per heavy atom. The van der Waals surface area contributed by atoms with Crippen LogP contribution in [0.4, 0.5) is 0 Å². The fourth-order valence-corrected chi connectivity index (χ4v) is 6.27. The molecule has 6 nitrogen and oxygen atoms in total. The molecule has 5 aromatic rings. The Morgan fingerprint density at radius 1 is 0.651 bits per heavy atom. The van der Waals surface area contributed by atoms with Crippen molar-refractivity contribution < 1.29 is 9.47 Å². The Morgan fingerprint density at radius 2 is 1.28 bits per heavy atom. The molecule has 0 bridgehead atoms. The number of aromatic nitrogens is 2. The summed E-state index contributed by atoms with van der Waals surface area (Å²) in [6.07, 6.45) is 6.29. The van der Waals surface area contributed by atoms with Crippen molar-refractivity contribution in [2.24, 2.45) is 0 Å². The lowest BCUT2D eigenvalue weighted by Crippen LogP contribution is -2.45. The van der Waals surface area contributed by atoms with Gasteiger partial charge in [-0.15, -0.1) is 0 Å². The third kappa shape index (κ3) is 6.12. The van der Waals surface area contributed by atoms with Gasteiger partial charge >= 0.3 is 0 Å². The van der Waals surface area contributed by atoms with Crippen molar-refractivity contribution in [1.82, 2.24) is 19.8 Å². The van der Waals surface area contributed by atoms with E-state index in [9.17, 15) is 0 Å². The van der Waals surface area contributed by atoms with E-state index in [-0.39, 0.29) is 0 Å². The van der Waals surface area contributed by atoms with Gasteiger partial charge in [0.1, 0.15) is 0 Å². The largest absolute Gasteiger partial charge is 0.493 e. The Hall–Kier alpha value is -4.26. The van der Waals surface area contributed by atoms with E-state index < -0.39 is 0 Å². The van der Waals surface area contributed by atoms with Crippen LogP contribution < -0.4 is 9.47 Å². The summed E-state index contributed by atoms with van der Waals surface area (Å²) in [6.45, 7) is 6.05. The number of rotatable bonds is 9. The molecule has 43 heavy (non-hydrogen) atoms. The molecule has 2 aromatic heterocycles. The van der Waals surface area contributed by atoms with Crippen LogP contribution in [0.15, 0.2) is 91.3 Å². The molecule has 0 atom stereocenters. The van der Waals surface area contributed by atoms with Gasteiger partial charge < -0.3 is 9.47 Å². The second-order valence-corrected chi connectivity index (χ2v) is 11.8. The highest BCUT2D eigenvalue weighted by Crippen LogP contribution is 2.49. The number of hydrogen-bond donors (Lipinski definition) is 0. The quantitative estimate of drug-likeness (QED) is 0.187. The highest BCUT2D eigenvalue weighted by molar-refractivity contribution is 5.86. The maximum Gasteiger partial charge on any atom is 0.164 e. The third-order valence-corrected chi connectivity index (χ3v) is 8.79. The van der Waals surface area contributed by atoms with Gasteiger partial charge in [-0.25, -0.2) is 0 Å². The molecule has 1 aliphatic carbocycles. The second-order valence-electron chi connectivity index (χ2n) is 11.8. The fraction of sp³-hybridized carbons (Fsp3) is 0.297. The van der Waals surface area contributed by atoms with Crippen LogP contribution in [0.25, 0.3) is 33.3 Å². The van der Waals surface area contributed by atoms with Gasteiger partial charge in [-0.05, 0) is 83.1 Å². The van der Waals surface area contributed by atoms with Crippen LogP contribution in [0.5, 0.6) is 11.5 Å². The molecular weight excluding hydrogens is 532 g/mol. The van der Waals surface area contributed by atoms with Crippen LogP contribution in [-0.4, -0.2) is 60.2 Å². The minimum absolute atomic E-state index is 0.556. The minimum atomic E-state index is 0.556. The predicted molar refractivity (Wildman–Crippen MR) is 172 cm³/mol. The average molecular weight is 571 g/mol. The zero-order chi connectivity index (χ0) is 29.2. The summed E-state index contributed by atoms with van der Waals surface area (Å²) in [6, 6.07) is 28.2. The maximum absolute atomic E-state index is 5.71. The van der Waals surface area contributed by atoms with Crippen molar-refractivity contribution in [1.29, 1.82) is 0 Å². The Kier molecular flexibility index (Phi) is 7.79. The zero-order valence-corrected chi connectivity index (χ0v) is 25.0. The maximum atomic E-state index is 5.71. The van der Waals surface area contributed by atoms with Crippen molar-refractivity contribution in [3.8, 4) is 34.0 Å². The van der Waals surface area contributed by atoms with Gasteiger partial charge in [0.2, 0.25) is 0 Å². The SMILES string of the molecule is COc1cc(-c2cc(CN3CCN(Cc4ccnc(-c5ccc6ccccc6c5)c4)CC3)ccn2)cc(C2CC2)c1OC. The fourth-order valence-electron chi connectivity index (χ4n) is 6.27. The molecule has 2 fully saturated rings. The first-order valence-corrected chi connectivity index (χ1v) is 15.3. The topological polar surface area (TPSA) is 50.7 Å². The Balaban J connectivity index is 0.988. The van der Waals surface area contributed by atoms with E-state index in [4.69, 9.17) is 14.5 Å². The van der Waals surface area contributed by atoms with Gasteiger partial charge in [0.15, 0.2) is 11.5 Å². The standard InChI is InChI=1S/C37H38N4O2/c1-42-36-23-32(22-33(29-8-9-29)37(36)43-2)35-20-27(12-14-39-35)25-41-17-15-40(16-18-41)24-26-11-13-38-34(19-26)31-10-7-28-5-3-4-6-30(28)21-31/h3-7,10-14,19-23,29H,8-9,15-18,24-25H2,1-2H3. The minimum Gasteiger partial charge on any atom is -0.493 e. The van der Waals surface area contributed by atoms with E-state index in [0.717, 1.165) is 67.7 Å². The van der Waals surface area contributed by atoms with Crippen molar-refractivity contribution in [2.45, 2.75) is 31.8 Å². The molecule has 0 amide bonds. The van der Waals surface area contributed by atoms with Gasteiger partial charge in [0, 0.05) is 68.4 Å². The second kappa shape index (κ2) is 12.2. The number of fused-ring (bicyclic) bond motifs is 1. The van der Waals surface area contributed by atoms with Crippen LogP contribution in [0.3, 0.4) is 0 Å². The molecule has 0 unspecified atom stereocenters. The van der Waals surface area contributed by atoms with Gasteiger partial charge in [-0.3, -0.25) is 19.8 Å². The molecule has 218 valence electrons. The van der Waals surface area contributed by atoms with E-state index in [2.05, 4.69) is 93.6 Å². The summed E-state index contributed by atoms with van der Waals surface area (Å²) in [4.78, 5) is 14.5. The van der Waals surface area contributed by atoms with E-state index >= 15 is 0 Å². The Bertz CT molecular complexity index is 1740.